The molecular formula is C11H23NO4S. The van der Waals surface area contributed by atoms with Crippen LogP contribution >= 0.6 is 0 Å². The largest absolute Gasteiger partial charge is 0.480 e. The van der Waals surface area contributed by atoms with Crippen LogP contribution in [0.3, 0.4) is 0 Å². The zero-order chi connectivity index (χ0) is 13.7. The standard InChI is InChI=1S/C11H23NO4S/c1-5-17(15,16)8-6-7-12(9-10(13)14)11(2,3)4/h5-9H2,1-4H3,(H,13,14). The molecule has 0 aromatic carbocycles. The van der Waals surface area contributed by atoms with Crippen molar-refractivity contribution in [3.05, 3.63) is 0 Å². The molecule has 0 unspecified atom stereocenters. The molecule has 0 radical (unpaired) electrons. The Kier molecular flexibility index (Phi) is 6.12. The summed E-state index contributed by atoms with van der Waals surface area (Å²) in [5, 5.41) is 8.79. The lowest BCUT2D eigenvalue weighted by Gasteiger charge is -2.34. The van der Waals surface area contributed by atoms with E-state index in [1.165, 1.54) is 0 Å². The van der Waals surface area contributed by atoms with Gasteiger partial charge in [-0.3, -0.25) is 9.69 Å². The summed E-state index contributed by atoms with van der Waals surface area (Å²) in [7, 11) is -2.96. The second kappa shape index (κ2) is 6.35. The average Bonchev–Trinajstić information content (AvgIpc) is 2.14. The Bertz CT molecular complexity index is 343. The number of carboxylic acid groups (broad SMARTS) is 1. The molecule has 5 nitrogen and oxygen atoms in total. The third-order valence-electron chi connectivity index (χ3n) is 2.60. The predicted molar refractivity (Wildman–Crippen MR) is 67.9 cm³/mol. The highest BCUT2D eigenvalue weighted by molar-refractivity contribution is 7.91. The van der Waals surface area contributed by atoms with Gasteiger partial charge in [-0.1, -0.05) is 6.92 Å². The molecule has 0 aliphatic carbocycles. The van der Waals surface area contributed by atoms with E-state index in [0.717, 1.165) is 0 Å². The summed E-state index contributed by atoms with van der Waals surface area (Å²) >= 11 is 0. The second-order valence-corrected chi connectivity index (χ2v) is 7.55. The van der Waals surface area contributed by atoms with Gasteiger partial charge in [-0.2, -0.15) is 0 Å². The molecule has 0 fully saturated rings. The summed E-state index contributed by atoms with van der Waals surface area (Å²) in [5.74, 6) is -0.629. The lowest BCUT2D eigenvalue weighted by Crippen LogP contribution is -2.45. The van der Waals surface area contributed by atoms with Crippen LogP contribution in [0, 0.1) is 0 Å². The first-order chi connectivity index (χ1) is 7.58. The van der Waals surface area contributed by atoms with Crippen LogP contribution < -0.4 is 0 Å². The van der Waals surface area contributed by atoms with E-state index in [0.29, 0.717) is 13.0 Å². The number of carbonyl (C=O) groups is 1. The highest BCUT2D eigenvalue weighted by Crippen LogP contribution is 2.13. The molecule has 17 heavy (non-hydrogen) atoms. The van der Waals surface area contributed by atoms with Gasteiger partial charge in [-0.15, -0.1) is 0 Å². The van der Waals surface area contributed by atoms with Gasteiger partial charge < -0.3 is 5.11 Å². The highest BCUT2D eigenvalue weighted by atomic mass is 32.2. The highest BCUT2D eigenvalue weighted by Gasteiger charge is 2.23. The molecule has 0 atom stereocenters. The number of hydrogen-bond acceptors (Lipinski definition) is 4. The molecule has 0 rings (SSSR count). The number of aliphatic carboxylic acids is 1. The van der Waals surface area contributed by atoms with Gasteiger partial charge in [0.25, 0.3) is 0 Å². The number of rotatable bonds is 7. The van der Waals surface area contributed by atoms with E-state index >= 15 is 0 Å². The van der Waals surface area contributed by atoms with Crippen LogP contribution in [0.15, 0.2) is 0 Å². The lowest BCUT2D eigenvalue weighted by atomic mass is 10.1. The van der Waals surface area contributed by atoms with Gasteiger partial charge >= 0.3 is 5.97 Å². The molecule has 0 saturated carbocycles. The number of hydrogen-bond donors (Lipinski definition) is 1. The summed E-state index contributed by atoms with van der Waals surface area (Å²) in [6.07, 6.45) is 0.473. The van der Waals surface area contributed by atoms with Crippen LogP contribution in [0.2, 0.25) is 0 Å². The van der Waals surface area contributed by atoms with E-state index in [1.807, 2.05) is 20.8 Å². The molecule has 0 amide bonds. The molecule has 0 aliphatic heterocycles. The van der Waals surface area contributed by atoms with Crippen molar-refractivity contribution in [1.29, 1.82) is 0 Å². The Hall–Kier alpha value is -0.620. The number of carboxylic acids is 1. The van der Waals surface area contributed by atoms with Crippen molar-refractivity contribution in [2.45, 2.75) is 39.7 Å². The first-order valence-electron chi connectivity index (χ1n) is 5.76. The molecule has 0 aliphatic rings. The first kappa shape index (κ1) is 16.4. The van der Waals surface area contributed by atoms with Gasteiger partial charge in [0.1, 0.15) is 9.84 Å². The zero-order valence-electron chi connectivity index (χ0n) is 11.1. The third kappa shape index (κ3) is 7.33. The Balaban J connectivity index is 4.33. The maximum absolute atomic E-state index is 11.3. The van der Waals surface area contributed by atoms with Crippen LogP contribution in [0.5, 0.6) is 0 Å². The van der Waals surface area contributed by atoms with Crippen LogP contribution in [-0.2, 0) is 14.6 Å². The summed E-state index contributed by atoms with van der Waals surface area (Å²) in [6.45, 7) is 7.80. The fraction of sp³-hybridized carbons (Fsp3) is 0.909. The summed E-state index contributed by atoms with van der Waals surface area (Å²) in [4.78, 5) is 12.5. The van der Waals surface area contributed by atoms with Crippen molar-refractivity contribution < 1.29 is 18.3 Å². The third-order valence-corrected chi connectivity index (χ3v) is 4.39. The minimum absolute atomic E-state index is 0.0598. The van der Waals surface area contributed by atoms with E-state index < -0.39 is 15.8 Å². The van der Waals surface area contributed by atoms with Gasteiger partial charge in [0.15, 0.2) is 0 Å². The summed E-state index contributed by atoms with van der Waals surface area (Å²) < 4.78 is 22.6. The fourth-order valence-corrected chi connectivity index (χ4v) is 2.29. The maximum Gasteiger partial charge on any atom is 0.317 e. The Labute approximate surface area is 104 Å². The van der Waals surface area contributed by atoms with Gasteiger partial charge in [-0.05, 0) is 27.2 Å². The molecular weight excluding hydrogens is 242 g/mol. The van der Waals surface area contributed by atoms with Gasteiger partial charge in [0.05, 0.1) is 12.3 Å². The fourth-order valence-electron chi connectivity index (χ4n) is 1.43. The van der Waals surface area contributed by atoms with Crippen molar-refractivity contribution in [3.63, 3.8) is 0 Å². The predicted octanol–water partition coefficient (Wildman–Crippen LogP) is 0.996. The Morgan fingerprint density at radius 1 is 1.29 bits per heavy atom. The van der Waals surface area contributed by atoms with Gasteiger partial charge in [0, 0.05) is 17.8 Å². The van der Waals surface area contributed by atoms with Crippen LogP contribution in [-0.4, -0.2) is 54.5 Å². The minimum atomic E-state index is -2.96. The van der Waals surface area contributed by atoms with Crippen molar-refractivity contribution in [2.24, 2.45) is 0 Å². The second-order valence-electron chi connectivity index (χ2n) is 5.08. The van der Waals surface area contributed by atoms with Gasteiger partial charge in [-0.25, -0.2) is 8.42 Å². The lowest BCUT2D eigenvalue weighted by molar-refractivity contribution is -0.139. The molecule has 1 N–H and O–H groups in total. The van der Waals surface area contributed by atoms with Crippen molar-refractivity contribution >= 4 is 15.8 Å². The van der Waals surface area contributed by atoms with Gasteiger partial charge in [0.2, 0.25) is 0 Å². The Morgan fingerprint density at radius 2 is 1.82 bits per heavy atom. The van der Waals surface area contributed by atoms with E-state index in [4.69, 9.17) is 5.11 Å². The SMILES string of the molecule is CCS(=O)(=O)CCCN(CC(=O)O)C(C)(C)C. The Morgan fingerprint density at radius 3 is 2.18 bits per heavy atom. The molecule has 0 aromatic heterocycles. The topological polar surface area (TPSA) is 74.7 Å². The first-order valence-corrected chi connectivity index (χ1v) is 7.58. The molecule has 6 heteroatoms. The molecule has 0 bridgehead atoms. The zero-order valence-corrected chi connectivity index (χ0v) is 11.9. The molecule has 0 aromatic rings. The maximum atomic E-state index is 11.3. The number of nitrogens with zero attached hydrogens (tertiary/aromatic N) is 1. The quantitative estimate of drug-likeness (QED) is 0.743. The molecule has 102 valence electrons. The van der Waals surface area contributed by atoms with E-state index in [9.17, 15) is 13.2 Å². The van der Waals surface area contributed by atoms with E-state index in [1.54, 1.807) is 11.8 Å². The molecule has 0 spiro atoms. The monoisotopic (exact) mass is 265 g/mol. The van der Waals surface area contributed by atoms with E-state index in [2.05, 4.69) is 0 Å². The van der Waals surface area contributed by atoms with Crippen molar-refractivity contribution in [1.82, 2.24) is 4.90 Å². The smallest absolute Gasteiger partial charge is 0.317 e. The van der Waals surface area contributed by atoms with Crippen LogP contribution in [0.4, 0.5) is 0 Å². The molecule has 0 heterocycles. The molecule has 0 saturated heterocycles. The summed E-state index contributed by atoms with van der Waals surface area (Å²) in [6, 6.07) is 0. The average molecular weight is 265 g/mol. The normalized spacial score (nSPS) is 13.0. The van der Waals surface area contributed by atoms with Crippen molar-refractivity contribution in [2.75, 3.05) is 24.6 Å². The van der Waals surface area contributed by atoms with Crippen LogP contribution in [0.25, 0.3) is 0 Å². The van der Waals surface area contributed by atoms with E-state index in [-0.39, 0.29) is 23.6 Å². The van der Waals surface area contributed by atoms with Crippen molar-refractivity contribution in [3.8, 4) is 0 Å². The number of sulfone groups is 1. The van der Waals surface area contributed by atoms with Crippen LogP contribution in [0.1, 0.15) is 34.1 Å². The minimum Gasteiger partial charge on any atom is -0.480 e. The summed E-state index contributed by atoms with van der Waals surface area (Å²) in [5.41, 5.74) is -0.269.